The number of rotatable bonds is 7. The van der Waals surface area contributed by atoms with E-state index < -0.39 is 12.4 Å². The zero-order valence-electron chi connectivity index (χ0n) is 12.4. The van der Waals surface area contributed by atoms with Crippen LogP contribution in [0.4, 0.5) is 0 Å². The van der Waals surface area contributed by atoms with Crippen LogP contribution in [0, 0.1) is 0 Å². The van der Waals surface area contributed by atoms with Crippen molar-refractivity contribution < 1.29 is 14.3 Å². The molecule has 2 atom stereocenters. The molecule has 0 N–H and O–H groups in total. The molecule has 0 amide bonds. The van der Waals surface area contributed by atoms with Gasteiger partial charge in [-0.25, -0.2) is 0 Å². The molecular weight excluding hydrogens is 264 g/mol. The average molecular weight is 284 g/mol. The maximum absolute atomic E-state index is 12.7. The number of benzene rings is 2. The summed E-state index contributed by atoms with van der Waals surface area (Å²) >= 11 is 0. The van der Waals surface area contributed by atoms with Crippen LogP contribution >= 0.6 is 0 Å². The number of hydrogen-bond acceptors (Lipinski definition) is 3. The van der Waals surface area contributed by atoms with Crippen molar-refractivity contribution in [2.75, 3.05) is 6.61 Å². The van der Waals surface area contributed by atoms with Crippen molar-refractivity contribution in [1.29, 1.82) is 0 Å². The Kier molecular flexibility index (Phi) is 5.67. The Balaban J connectivity index is 2.25. The van der Waals surface area contributed by atoms with Crippen molar-refractivity contribution in [2.45, 2.75) is 26.2 Å². The van der Waals surface area contributed by atoms with E-state index in [0.717, 1.165) is 5.56 Å². The molecule has 0 spiro atoms. The summed E-state index contributed by atoms with van der Waals surface area (Å²) in [6, 6.07) is 18.7. The molecule has 0 heterocycles. The Morgan fingerprint density at radius 1 is 1.00 bits per heavy atom. The second-order valence-electron chi connectivity index (χ2n) is 4.68. The third-order valence-corrected chi connectivity index (χ3v) is 3.13. The van der Waals surface area contributed by atoms with E-state index in [-0.39, 0.29) is 5.78 Å². The zero-order chi connectivity index (χ0) is 15.1. The third kappa shape index (κ3) is 4.25. The highest BCUT2D eigenvalue weighted by Gasteiger charge is 2.24. The first-order valence-corrected chi connectivity index (χ1v) is 7.13. The Hall–Kier alpha value is -1.97. The van der Waals surface area contributed by atoms with Crippen molar-refractivity contribution in [1.82, 2.24) is 0 Å². The number of hydrogen-bond donors (Lipinski definition) is 0. The van der Waals surface area contributed by atoms with E-state index in [4.69, 9.17) is 9.47 Å². The lowest BCUT2D eigenvalue weighted by molar-refractivity contribution is -0.147. The van der Waals surface area contributed by atoms with E-state index in [2.05, 4.69) is 0 Å². The van der Waals surface area contributed by atoms with E-state index >= 15 is 0 Å². The molecule has 0 bridgehead atoms. The Labute approximate surface area is 125 Å². The molecule has 0 saturated carbocycles. The summed E-state index contributed by atoms with van der Waals surface area (Å²) in [6.45, 7) is 4.25. The molecule has 3 heteroatoms. The predicted molar refractivity (Wildman–Crippen MR) is 82.1 cm³/mol. The van der Waals surface area contributed by atoms with Crippen molar-refractivity contribution in [2.24, 2.45) is 0 Å². The highest BCUT2D eigenvalue weighted by Crippen LogP contribution is 2.24. The zero-order valence-corrected chi connectivity index (χ0v) is 12.4. The fraction of sp³-hybridized carbons (Fsp3) is 0.278. The van der Waals surface area contributed by atoms with E-state index in [1.54, 1.807) is 19.1 Å². The molecule has 0 saturated heterocycles. The van der Waals surface area contributed by atoms with Gasteiger partial charge in [0.25, 0.3) is 0 Å². The first-order chi connectivity index (χ1) is 10.2. The van der Waals surface area contributed by atoms with Gasteiger partial charge in [0, 0.05) is 12.2 Å². The molecule has 110 valence electrons. The molecule has 0 radical (unpaired) electrons. The third-order valence-electron chi connectivity index (χ3n) is 3.13. The molecule has 0 aliphatic carbocycles. The molecule has 0 unspecified atom stereocenters. The van der Waals surface area contributed by atoms with Gasteiger partial charge in [0.1, 0.15) is 6.10 Å². The fourth-order valence-electron chi connectivity index (χ4n) is 2.14. The van der Waals surface area contributed by atoms with E-state index in [0.29, 0.717) is 12.2 Å². The van der Waals surface area contributed by atoms with Crippen LogP contribution in [0.15, 0.2) is 60.7 Å². The van der Waals surface area contributed by atoms with Gasteiger partial charge in [0.2, 0.25) is 0 Å². The summed E-state index contributed by atoms with van der Waals surface area (Å²) in [5.41, 5.74) is 1.47. The summed E-state index contributed by atoms with van der Waals surface area (Å²) in [7, 11) is 0. The molecule has 0 aromatic heterocycles. The minimum atomic E-state index is -0.657. The molecule has 0 fully saturated rings. The second-order valence-corrected chi connectivity index (χ2v) is 4.68. The standard InChI is InChI=1S/C18H20O3/c1-3-20-14(2)21-18(16-12-8-5-9-13-16)17(19)15-10-6-4-7-11-15/h4-14,18H,3H2,1-2H3/t14-,18-/m1/s1. The first kappa shape index (κ1) is 15.4. The van der Waals surface area contributed by atoms with Crippen LogP contribution in [0.2, 0.25) is 0 Å². The van der Waals surface area contributed by atoms with Gasteiger partial charge in [-0.1, -0.05) is 60.7 Å². The van der Waals surface area contributed by atoms with Crippen LogP contribution in [-0.2, 0) is 9.47 Å². The van der Waals surface area contributed by atoms with Crippen LogP contribution in [-0.4, -0.2) is 18.7 Å². The average Bonchev–Trinajstić information content (AvgIpc) is 2.54. The van der Waals surface area contributed by atoms with Gasteiger partial charge in [-0.15, -0.1) is 0 Å². The summed E-state index contributed by atoms with van der Waals surface area (Å²) in [5, 5.41) is 0. The molecule has 2 aromatic rings. The summed E-state index contributed by atoms with van der Waals surface area (Å²) in [4.78, 5) is 12.7. The quantitative estimate of drug-likeness (QED) is 0.569. The van der Waals surface area contributed by atoms with Crippen molar-refractivity contribution >= 4 is 5.78 Å². The van der Waals surface area contributed by atoms with Gasteiger partial charge in [0.05, 0.1) is 0 Å². The van der Waals surface area contributed by atoms with Crippen LogP contribution in [0.5, 0.6) is 0 Å². The fourth-order valence-corrected chi connectivity index (χ4v) is 2.14. The van der Waals surface area contributed by atoms with Crippen molar-refractivity contribution in [3.05, 3.63) is 71.8 Å². The lowest BCUT2D eigenvalue weighted by atomic mass is 10.00. The van der Waals surface area contributed by atoms with Crippen molar-refractivity contribution in [3.8, 4) is 0 Å². The molecular formula is C18H20O3. The molecule has 2 rings (SSSR count). The minimum Gasteiger partial charge on any atom is -0.353 e. The van der Waals surface area contributed by atoms with Gasteiger partial charge >= 0.3 is 0 Å². The number of ether oxygens (including phenoxy) is 2. The Bertz CT molecular complexity index is 551. The predicted octanol–water partition coefficient (Wildman–Crippen LogP) is 4.01. The number of ketones is 1. The second kappa shape index (κ2) is 7.72. The maximum Gasteiger partial charge on any atom is 0.196 e. The van der Waals surface area contributed by atoms with Crippen LogP contribution in [0.1, 0.15) is 35.9 Å². The summed E-state index contributed by atoms with van der Waals surface area (Å²) in [6.07, 6.45) is -1.09. The summed E-state index contributed by atoms with van der Waals surface area (Å²) < 4.78 is 11.2. The number of carbonyl (C=O) groups excluding carboxylic acids is 1. The number of Topliss-reactive ketones (excluding diaryl/α,β-unsaturated/α-hetero) is 1. The van der Waals surface area contributed by atoms with Crippen LogP contribution < -0.4 is 0 Å². The normalized spacial score (nSPS) is 13.6. The maximum atomic E-state index is 12.7. The van der Waals surface area contributed by atoms with Crippen molar-refractivity contribution in [3.63, 3.8) is 0 Å². The highest BCUT2D eigenvalue weighted by molar-refractivity contribution is 6.00. The highest BCUT2D eigenvalue weighted by atomic mass is 16.7. The van der Waals surface area contributed by atoms with Crippen LogP contribution in [0.3, 0.4) is 0 Å². The largest absolute Gasteiger partial charge is 0.353 e. The molecule has 0 aliphatic heterocycles. The first-order valence-electron chi connectivity index (χ1n) is 7.13. The minimum absolute atomic E-state index is 0.0617. The van der Waals surface area contributed by atoms with E-state index in [1.165, 1.54) is 0 Å². The van der Waals surface area contributed by atoms with E-state index in [1.807, 2.05) is 55.5 Å². The Morgan fingerprint density at radius 2 is 1.57 bits per heavy atom. The molecule has 0 aliphatic rings. The number of carbonyl (C=O) groups is 1. The van der Waals surface area contributed by atoms with Gasteiger partial charge in [0.15, 0.2) is 12.1 Å². The molecule has 2 aromatic carbocycles. The van der Waals surface area contributed by atoms with Crippen LogP contribution in [0.25, 0.3) is 0 Å². The topological polar surface area (TPSA) is 35.5 Å². The lowest BCUT2D eigenvalue weighted by Gasteiger charge is -2.22. The lowest BCUT2D eigenvalue weighted by Crippen LogP contribution is -2.23. The SMILES string of the molecule is CCO[C@@H](C)O[C@@H](C(=O)c1ccccc1)c1ccccc1. The van der Waals surface area contributed by atoms with Gasteiger partial charge in [-0.3, -0.25) is 4.79 Å². The molecule has 3 nitrogen and oxygen atoms in total. The van der Waals surface area contributed by atoms with E-state index in [9.17, 15) is 4.79 Å². The molecule has 21 heavy (non-hydrogen) atoms. The van der Waals surface area contributed by atoms with Gasteiger partial charge in [-0.05, 0) is 19.4 Å². The van der Waals surface area contributed by atoms with Gasteiger partial charge < -0.3 is 9.47 Å². The smallest absolute Gasteiger partial charge is 0.196 e. The Morgan fingerprint density at radius 3 is 2.14 bits per heavy atom. The van der Waals surface area contributed by atoms with Gasteiger partial charge in [-0.2, -0.15) is 0 Å². The summed E-state index contributed by atoms with van der Waals surface area (Å²) in [5.74, 6) is -0.0617. The monoisotopic (exact) mass is 284 g/mol.